The summed E-state index contributed by atoms with van der Waals surface area (Å²) < 4.78 is 16.2. The topological polar surface area (TPSA) is 68.2 Å². The molecule has 2 N–H and O–H groups in total. The minimum atomic E-state index is -1.64. The van der Waals surface area contributed by atoms with Crippen molar-refractivity contribution < 1.29 is 24.3 Å². The number of ether oxygens (including phenoxy) is 3. The van der Waals surface area contributed by atoms with E-state index in [0.29, 0.717) is 18.1 Å². The molecule has 0 saturated heterocycles. The molecule has 0 aromatic heterocycles. The molecule has 110 valence electrons. The fraction of sp³-hybridized carbons (Fsp3) is 0.200. The van der Waals surface area contributed by atoms with Crippen LogP contribution in [0.3, 0.4) is 0 Å². The Hall–Kier alpha value is -2.18. The SMILES string of the molecule is COc1c(OCc2ccccc2)ccc(B(O)O)c1OC. The van der Waals surface area contributed by atoms with Crippen LogP contribution in [-0.4, -0.2) is 31.4 Å². The molecule has 0 heterocycles. The predicted molar refractivity (Wildman–Crippen MR) is 80.1 cm³/mol. The molecule has 2 aromatic rings. The summed E-state index contributed by atoms with van der Waals surface area (Å²) in [5.74, 6) is 1.06. The molecule has 0 aliphatic rings. The molecular weight excluding hydrogens is 271 g/mol. The molecule has 0 saturated carbocycles. The van der Waals surface area contributed by atoms with E-state index < -0.39 is 7.12 Å². The van der Waals surface area contributed by atoms with Crippen LogP contribution in [0.25, 0.3) is 0 Å². The Morgan fingerprint density at radius 2 is 1.57 bits per heavy atom. The quantitative estimate of drug-likeness (QED) is 0.775. The van der Waals surface area contributed by atoms with Gasteiger partial charge in [0.2, 0.25) is 5.75 Å². The van der Waals surface area contributed by atoms with Crippen molar-refractivity contribution in [1.29, 1.82) is 0 Å². The van der Waals surface area contributed by atoms with E-state index in [2.05, 4.69) is 0 Å². The largest absolute Gasteiger partial charge is 0.493 e. The zero-order chi connectivity index (χ0) is 15.2. The van der Waals surface area contributed by atoms with Gasteiger partial charge in [0.25, 0.3) is 0 Å². The van der Waals surface area contributed by atoms with E-state index in [1.54, 1.807) is 6.07 Å². The highest BCUT2D eigenvalue weighted by atomic mass is 16.5. The molecule has 0 aliphatic heterocycles. The first kappa shape index (κ1) is 15.2. The normalized spacial score (nSPS) is 10.1. The average molecular weight is 288 g/mol. The monoisotopic (exact) mass is 288 g/mol. The van der Waals surface area contributed by atoms with E-state index in [4.69, 9.17) is 14.2 Å². The van der Waals surface area contributed by atoms with Crippen molar-refractivity contribution in [1.82, 2.24) is 0 Å². The Morgan fingerprint density at radius 3 is 2.14 bits per heavy atom. The van der Waals surface area contributed by atoms with Crippen molar-refractivity contribution in [3.8, 4) is 17.2 Å². The fourth-order valence-corrected chi connectivity index (χ4v) is 2.02. The maximum atomic E-state index is 9.33. The lowest BCUT2D eigenvalue weighted by Gasteiger charge is -2.16. The van der Waals surface area contributed by atoms with E-state index in [1.807, 2.05) is 30.3 Å². The summed E-state index contributed by atoms with van der Waals surface area (Å²) >= 11 is 0. The molecule has 0 unspecified atom stereocenters. The lowest BCUT2D eigenvalue weighted by molar-refractivity contribution is 0.275. The number of hydrogen-bond acceptors (Lipinski definition) is 5. The van der Waals surface area contributed by atoms with Gasteiger partial charge < -0.3 is 24.3 Å². The molecule has 2 rings (SSSR count). The predicted octanol–water partition coefficient (Wildman–Crippen LogP) is 0.963. The van der Waals surface area contributed by atoms with Crippen LogP contribution in [0.2, 0.25) is 0 Å². The highest BCUT2D eigenvalue weighted by Gasteiger charge is 2.23. The Morgan fingerprint density at radius 1 is 0.905 bits per heavy atom. The van der Waals surface area contributed by atoms with Gasteiger partial charge >= 0.3 is 7.12 Å². The summed E-state index contributed by atoms with van der Waals surface area (Å²) in [6.07, 6.45) is 0. The van der Waals surface area contributed by atoms with Crippen molar-refractivity contribution in [2.75, 3.05) is 14.2 Å². The average Bonchev–Trinajstić information content (AvgIpc) is 2.52. The minimum Gasteiger partial charge on any atom is -0.493 e. The van der Waals surface area contributed by atoms with Gasteiger partial charge in [-0.3, -0.25) is 0 Å². The summed E-state index contributed by atoms with van der Waals surface area (Å²) in [7, 11) is 1.27. The van der Waals surface area contributed by atoms with Gasteiger partial charge in [0.15, 0.2) is 11.5 Å². The van der Waals surface area contributed by atoms with Crippen LogP contribution in [0.1, 0.15) is 5.56 Å². The second-order valence-corrected chi connectivity index (χ2v) is 4.37. The molecule has 2 aromatic carbocycles. The molecule has 0 spiro atoms. The van der Waals surface area contributed by atoms with Gasteiger partial charge in [-0.25, -0.2) is 0 Å². The Balaban J connectivity index is 2.27. The van der Waals surface area contributed by atoms with Crippen LogP contribution in [-0.2, 0) is 6.61 Å². The summed E-state index contributed by atoms with van der Waals surface area (Å²) in [6.45, 7) is 0.376. The molecule has 6 heteroatoms. The summed E-state index contributed by atoms with van der Waals surface area (Å²) in [5.41, 5.74) is 1.24. The van der Waals surface area contributed by atoms with Gasteiger partial charge in [-0.2, -0.15) is 0 Å². The molecule has 0 bridgehead atoms. The van der Waals surface area contributed by atoms with Crippen LogP contribution in [0.15, 0.2) is 42.5 Å². The van der Waals surface area contributed by atoms with Crippen molar-refractivity contribution in [3.05, 3.63) is 48.0 Å². The van der Waals surface area contributed by atoms with E-state index in [1.165, 1.54) is 20.3 Å². The van der Waals surface area contributed by atoms with Crippen molar-refractivity contribution >= 4 is 12.6 Å². The fourth-order valence-electron chi connectivity index (χ4n) is 2.02. The summed E-state index contributed by atoms with van der Waals surface area (Å²) in [4.78, 5) is 0. The van der Waals surface area contributed by atoms with E-state index in [9.17, 15) is 10.0 Å². The van der Waals surface area contributed by atoms with Crippen LogP contribution in [0.5, 0.6) is 17.2 Å². The lowest BCUT2D eigenvalue weighted by Crippen LogP contribution is -2.31. The van der Waals surface area contributed by atoms with Gasteiger partial charge in [0.1, 0.15) is 6.61 Å². The van der Waals surface area contributed by atoms with Crippen LogP contribution < -0.4 is 19.7 Å². The van der Waals surface area contributed by atoms with Crippen LogP contribution in [0, 0.1) is 0 Å². The summed E-state index contributed by atoms with van der Waals surface area (Å²) in [5, 5.41) is 18.7. The first-order valence-electron chi connectivity index (χ1n) is 6.45. The molecule has 21 heavy (non-hydrogen) atoms. The standard InChI is InChI=1S/C15H17BO5/c1-19-14-12(16(17)18)8-9-13(15(14)20-2)21-10-11-6-4-3-5-7-11/h3-9,17-18H,10H2,1-2H3. The van der Waals surface area contributed by atoms with Crippen LogP contribution in [0.4, 0.5) is 0 Å². The van der Waals surface area contributed by atoms with Gasteiger partial charge in [0.05, 0.1) is 14.2 Å². The maximum Gasteiger partial charge on any atom is 0.492 e. The number of benzene rings is 2. The maximum absolute atomic E-state index is 9.33. The van der Waals surface area contributed by atoms with Crippen molar-refractivity contribution in [2.45, 2.75) is 6.61 Å². The van der Waals surface area contributed by atoms with Gasteiger partial charge in [-0.05, 0) is 11.6 Å². The lowest BCUT2D eigenvalue weighted by atomic mass is 9.79. The third-order valence-electron chi connectivity index (χ3n) is 3.03. The van der Waals surface area contributed by atoms with E-state index in [-0.39, 0.29) is 11.2 Å². The van der Waals surface area contributed by atoms with E-state index in [0.717, 1.165) is 5.56 Å². The number of hydrogen-bond donors (Lipinski definition) is 2. The Bertz CT molecular complexity index is 586. The first-order valence-corrected chi connectivity index (χ1v) is 6.45. The van der Waals surface area contributed by atoms with Gasteiger partial charge in [-0.15, -0.1) is 0 Å². The molecule has 0 atom stereocenters. The molecule has 0 aliphatic carbocycles. The van der Waals surface area contributed by atoms with Gasteiger partial charge in [0, 0.05) is 5.46 Å². The third kappa shape index (κ3) is 3.48. The highest BCUT2D eigenvalue weighted by molar-refractivity contribution is 6.59. The highest BCUT2D eigenvalue weighted by Crippen LogP contribution is 2.36. The molecule has 0 amide bonds. The molecule has 0 fully saturated rings. The molecular formula is C15H17BO5. The Kier molecular flexibility index (Phi) is 5.08. The number of methoxy groups -OCH3 is 2. The second kappa shape index (κ2) is 7.01. The minimum absolute atomic E-state index is 0.224. The smallest absolute Gasteiger partial charge is 0.492 e. The third-order valence-corrected chi connectivity index (χ3v) is 3.03. The van der Waals surface area contributed by atoms with E-state index >= 15 is 0 Å². The Labute approximate surface area is 123 Å². The first-order chi connectivity index (χ1) is 10.2. The number of rotatable bonds is 6. The zero-order valence-electron chi connectivity index (χ0n) is 11.9. The van der Waals surface area contributed by atoms with Gasteiger partial charge in [-0.1, -0.05) is 36.4 Å². The second-order valence-electron chi connectivity index (χ2n) is 4.37. The zero-order valence-corrected chi connectivity index (χ0v) is 11.9. The van der Waals surface area contributed by atoms with Crippen LogP contribution >= 0.6 is 0 Å². The molecule has 5 nitrogen and oxygen atoms in total. The van der Waals surface area contributed by atoms with Crippen molar-refractivity contribution in [2.24, 2.45) is 0 Å². The van der Waals surface area contributed by atoms with Crippen molar-refractivity contribution in [3.63, 3.8) is 0 Å². The summed E-state index contributed by atoms with van der Waals surface area (Å²) in [6, 6.07) is 12.9. The molecule has 0 radical (unpaired) electrons.